The number of nitrogens with two attached hydrogens (primary N) is 2. The van der Waals surface area contributed by atoms with Crippen LogP contribution in [0, 0.1) is 5.92 Å². The third-order valence-corrected chi connectivity index (χ3v) is 6.20. The predicted octanol–water partition coefficient (Wildman–Crippen LogP) is 3.17. The quantitative estimate of drug-likeness (QED) is 0.358. The van der Waals surface area contributed by atoms with Crippen LogP contribution in [0.25, 0.3) is 0 Å². The molecule has 0 radical (unpaired) electrons. The van der Waals surface area contributed by atoms with Crippen molar-refractivity contribution in [1.29, 1.82) is 0 Å². The summed E-state index contributed by atoms with van der Waals surface area (Å²) in [6.07, 6.45) is 3.88. The van der Waals surface area contributed by atoms with Gasteiger partial charge in [0, 0.05) is 24.6 Å². The van der Waals surface area contributed by atoms with Crippen molar-refractivity contribution in [2.45, 2.75) is 33.2 Å². The molecule has 0 aliphatic carbocycles. The second-order valence-electron chi connectivity index (χ2n) is 8.40. The largest absolute Gasteiger partial charge is 0.494 e. The molecule has 1 aromatic carbocycles. The molecule has 0 aliphatic rings. The zero-order chi connectivity index (χ0) is 26.2. The number of amides is 3. The van der Waals surface area contributed by atoms with Crippen LogP contribution in [0.2, 0.25) is 0 Å². The molecule has 0 aliphatic heterocycles. The van der Waals surface area contributed by atoms with E-state index in [1.807, 2.05) is 6.92 Å². The first-order valence-corrected chi connectivity index (χ1v) is 12.3. The molecule has 0 bridgehead atoms. The highest BCUT2D eigenvalue weighted by Crippen LogP contribution is 2.33. The lowest BCUT2D eigenvalue weighted by Crippen LogP contribution is -2.44. The van der Waals surface area contributed by atoms with Crippen LogP contribution in [-0.4, -0.2) is 40.2 Å². The normalized spacial score (nSPS) is 11.7. The van der Waals surface area contributed by atoms with Crippen LogP contribution in [-0.2, 0) is 4.79 Å². The molecule has 0 fully saturated rings. The van der Waals surface area contributed by atoms with Gasteiger partial charge in [0.25, 0.3) is 11.8 Å². The van der Waals surface area contributed by atoms with Crippen LogP contribution in [0.3, 0.4) is 0 Å². The van der Waals surface area contributed by atoms with Gasteiger partial charge in [-0.3, -0.25) is 24.3 Å². The Morgan fingerprint density at radius 2 is 1.78 bits per heavy atom. The highest BCUT2D eigenvalue weighted by molar-refractivity contribution is 7.09. The molecule has 0 spiro atoms. The van der Waals surface area contributed by atoms with Crippen molar-refractivity contribution in [1.82, 2.24) is 14.7 Å². The zero-order valence-corrected chi connectivity index (χ0v) is 21.2. The molecule has 2 aromatic heterocycles. The fourth-order valence-electron chi connectivity index (χ4n) is 3.54. The average Bonchev–Trinajstić information content (AvgIpc) is 3.24. The van der Waals surface area contributed by atoms with E-state index in [-0.39, 0.29) is 22.2 Å². The van der Waals surface area contributed by atoms with Gasteiger partial charge in [0.15, 0.2) is 5.69 Å². The van der Waals surface area contributed by atoms with Gasteiger partial charge in [-0.25, -0.2) is 0 Å². The Labute approximate surface area is 213 Å². The van der Waals surface area contributed by atoms with Gasteiger partial charge in [0.05, 0.1) is 12.3 Å². The number of nitrogens with one attached hydrogen (secondary N) is 1. The number of benzene rings is 1. The van der Waals surface area contributed by atoms with E-state index < -0.39 is 17.9 Å². The van der Waals surface area contributed by atoms with Crippen molar-refractivity contribution >= 4 is 40.6 Å². The SMILES string of the molecule is CCOc1ccc(N(C(=O)c2snc(C(N)=O)c2N)C(C(=O)NCCC(C)C)c2ccncc2)cc1. The number of primary amides is 1. The number of rotatable bonds is 11. The van der Waals surface area contributed by atoms with Crippen LogP contribution in [0.1, 0.15) is 59.0 Å². The standard InChI is InChI=1S/C25H30N6O4S/c1-4-35-18-7-5-17(6-8-18)31(25(34)22-19(26)20(23(27)32)30-36-22)21(16-10-12-28-13-11-16)24(33)29-14-9-15(2)3/h5-8,10-13,15,21H,4,9,14,26H2,1-3H3,(H2,27,32)(H,29,33). The number of carbonyl (C=O) groups excluding carboxylic acids is 3. The summed E-state index contributed by atoms with van der Waals surface area (Å²) in [5.74, 6) is -0.807. The highest BCUT2D eigenvalue weighted by atomic mass is 32.1. The van der Waals surface area contributed by atoms with Gasteiger partial charge < -0.3 is 21.5 Å². The molecule has 190 valence electrons. The molecular weight excluding hydrogens is 480 g/mol. The van der Waals surface area contributed by atoms with Crippen molar-refractivity contribution in [3.05, 3.63) is 64.9 Å². The lowest BCUT2D eigenvalue weighted by atomic mass is 10.0. The minimum Gasteiger partial charge on any atom is -0.494 e. The fraction of sp³-hybridized carbons (Fsp3) is 0.320. The first-order chi connectivity index (χ1) is 17.2. The van der Waals surface area contributed by atoms with Gasteiger partial charge in [-0.05, 0) is 72.8 Å². The maximum absolute atomic E-state index is 14.0. The van der Waals surface area contributed by atoms with Gasteiger partial charge in [0.1, 0.15) is 16.7 Å². The predicted molar refractivity (Wildman–Crippen MR) is 139 cm³/mol. The summed E-state index contributed by atoms with van der Waals surface area (Å²) in [4.78, 5) is 44.6. The molecule has 1 atom stereocenters. The zero-order valence-electron chi connectivity index (χ0n) is 20.4. The van der Waals surface area contributed by atoms with Gasteiger partial charge in [0.2, 0.25) is 5.91 Å². The minimum atomic E-state index is -1.05. The number of aromatic nitrogens is 2. The summed E-state index contributed by atoms with van der Waals surface area (Å²) in [7, 11) is 0. The number of nitrogen functional groups attached to an aromatic ring is 1. The summed E-state index contributed by atoms with van der Waals surface area (Å²) in [6.45, 7) is 6.91. The van der Waals surface area contributed by atoms with Crippen LogP contribution >= 0.6 is 11.5 Å². The Bertz CT molecular complexity index is 1200. The van der Waals surface area contributed by atoms with Gasteiger partial charge in [-0.2, -0.15) is 4.37 Å². The average molecular weight is 511 g/mol. The van der Waals surface area contributed by atoms with Crippen molar-refractivity contribution < 1.29 is 19.1 Å². The van der Waals surface area contributed by atoms with Crippen LogP contribution in [0.4, 0.5) is 11.4 Å². The third kappa shape index (κ3) is 6.16. The van der Waals surface area contributed by atoms with Gasteiger partial charge in [-0.1, -0.05) is 13.8 Å². The van der Waals surface area contributed by atoms with Crippen molar-refractivity contribution in [2.24, 2.45) is 11.7 Å². The van der Waals surface area contributed by atoms with Crippen molar-refractivity contribution in [3.8, 4) is 5.75 Å². The number of nitrogens with zero attached hydrogens (tertiary/aromatic N) is 3. The number of anilines is 2. The number of pyridine rings is 1. The molecule has 0 saturated heterocycles. The first kappa shape index (κ1) is 26.6. The number of hydrogen-bond donors (Lipinski definition) is 3. The van der Waals surface area contributed by atoms with Gasteiger partial charge >= 0.3 is 0 Å². The highest BCUT2D eigenvalue weighted by Gasteiger charge is 2.36. The molecule has 36 heavy (non-hydrogen) atoms. The Kier molecular flexibility index (Phi) is 8.96. The maximum atomic E-state index is 14.0. The Morgan fingerprint density at radius 3 is 2.33 bits per heavy atom. The number of ether oxygens (including phenoxy) is 1. The maximum Gasteiger partial charge on any atom is 0.273 e. The minimum absolute atomic E-state index is 0.00622. The molecule has 10 nitrogen and oxygen atoms in total. The lowest BCUT2D eigenvalue weighted by molar-refractivity contribution is -0.122. The Morgan fingerprint density at radius 1 is 1.11 bits per heavy atom. The second-order valence-corrected chi connectivity index (χ2v) is 9.17. The van der Waals surface area contributed by atoms with Crippen LogP contribution < -0.4 is 26.4 Å². The number of carbonyl (C=O) groups is 3. The molecule has 3 rings (SSSR count). The van der Waals surface area contributed by atoms with E-state index in [0.717, 1.165) is 18.0 Å². The molecule has 5 N–H and O–H groups in total. The van der Waals surface area contributed by atoms with E-state index in [2.05, 4.69) is 28.5 Å². The van der Waals surface area contributed by atoms with Crippen molar-refractivity contribution in [2.75, 3.05) is 23.8 Å². The van der Waals surface area contributed by atoms with E-state index in [1.165, 1.54) is 4.90 Å². The third-order valence-electron chi connectivity index (χ3n) is 5.35. The van der Waals surface area contributed by atoms with E-state index >= 15 is 0 Å². The molecule has 3 aromatic rings. The lowest BCUT2D eigenvalue weighted by Gasteiger charge is -2.31. The summed E-state index contributed by atoms with van der Waals surface area (Å²) < 4.78 is 9.49. The summed E-state index contributed by atoms with van der Waals surface area (Å²) in [5.41, 5.74) is 12.1. The molecule has 3 amide bonds. The number of hydrogen-bond acceptors (Lipinski definition) is 8. The van der Waals surface area contributed by atoms with E-state index in [1.54, 1.807) is 48.8 Å². The molecule has 1 unspecified atom stereocenters. The summed E-state index contributed by atoms with van der Waals surface area (Å²) in [6, 6.07) is 9.09. The Hall–Kier alpha value is -3.99. The molecule has 2 heterocycles. The topological polar surface area (TPSA) is 154 Å². The monoisotopic (exact) mass is 510 g/mol. The molecule has 0 saturated carbocycles. The summed E-state index contributed by atoms with van der Waals surface area (Å²) >= 11 is 0.757. The fourth-order valence-corrected chi connectivity index (χ4v) is 4.28. The van der Waals surface area contributed by atoms with Gasteiger partial charge in [-0.15, -0.1) is 0 Å². The van der Waals surface area contributed by atoms with E-state index in [4.69, 9.17) is 16.2 Å². The molecular formula is C25H30N6O4S. The smallest absolute Gasteiger partial charge is 0.273 e. The molecule has 11 heteroatoms. The first-order valence-electron chi connectivity index (χ1n) is 11.5. The van der Waals surface area contributed by atoms with E-state index in [9.17, 15) is 14.4 Å². The van der Waals surface area contributed by atoms with E-state index in [0.29, 0.717) is 36.1 Å². The Balaban J connectivity index is 2.12. The van der Waals surface area contributed by atoms with Crippen LogP contribution in [0.15, 0.2) is 48.8 Å². The van der Waals surface area contributed by atoms with Crippen molar-refractivity contribution in [3.63, 3.8) is 0 Å². The summed E-state index contributed by atoms with van der Waals surface area (Å²) in [5, 5.41) is 2.94. The second kappa shape index (κ2) is 12.1. The van der Waals surface area contributed by atoms with Crippen LogP contribution in [0.5, 0.6) is 5.75 Å².